The van der Waals surface area contributed by atoms with Crippen molar-refractivity contribution in [2.45, 2.75) is 19.0 Å². The Balaban J connectivity index is 1.95. The van der Waals surface area contributed by atoms with E-state index in [2.05, 4.69) is 15.4 Å². The third kappa shape index (κ3) is 3.91. The molecule has 1 atom stereocenters. The molecule has 20 heavy (non-hydrogen) atoms. The number of amides is 1. The molecular formula is C13H14N4O3. The van der Waals surface area contributed by atoms with Gasteiger partial charge in [0, 0.05) is 6.42 Å². The average Bonchev–Trinajstić information content (AvgIpc) is 2.92. The number of carbonyl (C=O) groups excluding carboxylic acids is 1. The summed E-state index contributed by atoms with van der Waals surface area (Å²) in [4.78, 5) is 26.7. The van der Waals surface area contributed by atoms with Crippen molar-refractivity contribution in [2.75, 3.05) is 0 Å². The number of carbonyl (C=O) groups is 2. The molecule has 0 saturated heterocycles. The van der Waals surface area contributed by atoms with E-state index in [4.69, 9.17) is 5.11 Å². The summed E-state index contributed by atoms with van der Waals surface area (Å²) < 4.78 is 1.33. The van der Waals surface area contributed by atoms with Crippen LogP contribution in [0, 0.1) is 0 Å². The van der Waals surface area contributed by atoms with Gasteiger partial charge in [-0.25, -0.2) is 14.5 Å². The van der Waals surface area contributed by atoms with Crippen molar-refractivity contribution in [3.63, 3.8) is 0 Å². The van der Waals surface area contributed by atoms with Crippen LogP contribution in [-0.4, -0.2) is 37.8 Å². The summed E-state index contributed by atoms with van der Waals surface area (Å²) >= 11 is 0. The van der Waals surface area contributed by atoms with E-state index in [1.54, 1.807) is 0 Å². The van der Waals surface area contributed by atoms with Crippen LogP contribution in [0.1, 0.15) is 5.56 Å². The van der Waals surface area contributed by atoms with Crippen LogP contribution < -0.4 is 5.32 Å². The van der Waals surface area contributed by atoms with Crippen molar-refractivity contribution in [1.29, 1.82) is 0 Å². The first kappa shape index (κ1) is 13.7. The number of carboxylic acid groups (broad SMARTS) is 1. The predicted octanol–water partition coefficient (Wildman–Crippen LogP) is 0.0902. The summed E-state index contributed by atoms with van der Waals surface area (Å²) in [6.45, 7) is -0.0570. The van der Waals surface area contributed by atoms with Gasteiger partial charge in [0.25, 0.3) is 0 Å². The highest BCUT2D eigenvalue weighted by Gasteiger charge is 2.20. The van der Waals surface area contributed by atoms with Crippen molar-refractivity contribution in [3.05, 3.63) is 48.5 Å². The minimum atomic E-state index is -1.07. The second kappa shape index (κ2) is 6.46. The average molecular weight is 274 g/mol. The lowest BCUT2D eigenvalue weighted by Crippen LogP contribution is -2.43. The number of hydrogen-bond donors (Lipinski definition) is 2. The number of aromatic nitrogens is 3. The van der Waals surface area contributed by atoms with Gasteiger partial charge in [0.1, 0.15) is 25.2 Å². The molecule has 0 aliphatic carbocycles. The summed E-state index contributed by atoms with van der Waals surface area (Å²) in [7, 11) is 0. The Bertz CT molecular complexity index is 569. The second-order valence-corrected chi connectivity index (χ2v) is 4.24. The molecule has 2 aromatic rings. The van der Waals surface area contributed by atoms with Crippen LogP contribution in [0.15, 0.2) is 43.0 Å². The molecular weight excluding hydrogens is 260 g/mol. The van der Waals surface area contributed by atoms with Gasteiger partial charge in [-0.05, 0) is 5.56 Å². The van der Waals surface area contributed by atoms with E-state index in [0.717, 1.165) is 5.56 Å². The fourth-order valence-corrected chi connectivity index (χ4v) is 1.75. The molecule has 0 fully saturated rings. The zero-order valence-electron chi connectivity index (χ0n) is 10.6. The first-order chi connectivity index (χ1) is 9.65. The number of carboxylic acids is 1. The molecule has 1 aromatic heterocycles. The van der Waals surface area contributed by atoms with Gasteiger partial charge in [0.15, 0.2) is 0 Å². The minimum absolute atomic E-state index is 0.0570. The molecule has 0 radical (unpaired) electrons. The van der Waals surface area contributed by atoms with Gasteiger partial charge < -0.3 is 10.4 Å². The zero-order chi connectivity index (χ0) is 14.4. The lowest BCUT2D eigenvalue weighted by atomic mass is 10.1. The molecule has 2 N–H and O–H groups in total. The maximum atomic E-state index is 11.8. The maximum absolute atomic E-state index is 11.8. The topological polar surface area (TPSA) is 97.1 Å². The lowest BCUT2D eigenvalue weighted by Gasteiger charge is -2.14. The van der Waals surface area contributed by atoms with Crippen molar-refractivity contribution in [1.82, 2.24) is 20.1 Å². The largest absolute Gasteiger partial charge is 0.480 e. The molecule has 0 spiro atoms. The fraction of sp³-hybridized carbons (Fsp3) is 0.231. The molecule has 104 valence electrons. The molecule has 0 aliphatic rings. The molecule has 1 aromatic carbocycles. The van der Waals surface area contributed by atoms with Gasteiger partial charge in [-0.3, -0.25) is 4.79 Å². The highest BCUT2D eigenvalue weighted by molar-refractivity contribution is 5.83. The van der Waals surface area contributed by atoms with Gasteiger partial charge in [0.2, 0.25) is 5.91 Å². The summed E-state index contributed by atoms with van der Waals surface area (Å²) in [5.74, 6) is -1.49. The molecule has 7 nitrogen and oxygen atoms in total. The van der Waals surface area contributed by atoms with Gasteiger partial charge in [-0.1, -0.05) is 30.3 Å². The van der Waals surface area contributed by atoms with Crippen LogP contribution in [0.5, 0.6) is 0 Å². The predicted molar refractivity (Wildman–Crippen MR) is 69.7 cm³/mol. The minimum Gasteiger partial charge on any atom is -0.480 e. The third-order valence-corrected chi connectivity index (χ3v) is 2.69. The summed E-state index contributed by atoms with van der Waals surface area (Å²) in [5, 5.41) is 15.4. The van der Waals surface area contributed by atoms with Crippen molar-refractivity contribution >= 4 is 11.9 Å². The maximum Gasteiger partial charge on any atom is 0.326 e. The van der Waals surface area contributed by atoms with Gasteiger partial charge in [0.05, 0.1) is 0 Å². The van der Waals surface area contributed by atoms with E-state index in [1.165, 1.54) is 17.3 Å². The van der Waals surface area contributed by atoms with E-state index in [-0.39, 0.29) is 13.0 Å². The Kier molecular flexibility index (Phi) is 4.43. The Morgan fingerprint density at radius 1 is 1.30 bits per heavy atom. The number of rotatable bonds is 6. The van der Waals surface area contributed by atoms with Crippen LogP contribution in [0.25, 0.3) is 0 Å². The van der Waals surface area contributed by atoms with Crippen LogP contribution in [-0.2, 0) is 22.6 Å². The Morgan fingerprint density at radius 2 is 2.05 bits per heavy atom. The SMILES string of the molecule is O=C(Cn1cncn1)N[C@@H](Cc1ccccc1)C(=O)O. The first-order valence-electron chi connectivity index (χ1n) is 6.03. The highest BCUT2D eigenvalue weighted by atomic mass is 16.4. The number of benzene rings is 1. The quantitative estimate of drug-likeness (QED) is 0.778. The van der Waals surface area contributed by atoms with E-state index in [0.29, 0.717) is 0 Å². The third-order valence-electron chi connectivity index (χ3n) is 2.69. The summed E-state index contributed by atoms with van der Waals surface area (Å²) in [6.07, 6.45) is 2.94. The Labute approximate surface area is 115 Å². The summed E-state index contributed by atoms with van der Waals surface area (Å²) in [6, 6.07) is 8.17. The van der Waals surface area contributed by atoms with Gasteiger partial charge in [-0.15, -0.1) is 0 Å². The molecule has 7 heteroatoms. The van der Waals surface area contributed by atoms with Crippen LogP contribution in [0.3, 0.4) is 0 Å². The van der Waals surface area contributed by atoms with Crippen LogP contribution in [0.4, 0.5) is 0 Å². The number of aliphatic carboxylic acids is 1. The fourth-order valence-electron chi connectivity index (χ4n) is 1.75. The number of hydrogen-bond acceptors (Lipinski definition) is 4. The molecule has 2 rings (SSSR count). The normalized spacial score (nSPS) is 11.8. The molecule has 0 bridgehead atoms. The van der Waals surface area contributed by atoms with E-state index < -0.39 is 17.9 Å². The molecule has 1 heterocycles. The van der Waals surface area contributed by atoms with E-state index in [9.17, 15) is 9.59 Å². The lowest BCUT2D eigenvalue weighted by molar-refractivity contribution is -0.141. The number of nitrogens with one attached hydrogen (secondary N) is 1. The molecule has 0 unspecified atom stereocenters. The molecule has 0 saturated carbocycles. The van der Waals surface area contributed by atoms with Crippen LogP contribution >= 0.6 is 0 Å². The van der Waals surface area contributed by atoms with Gasteiger partial charge in [-0.2, -0.15) is 5.10 Å². The van der Waals surface area contributed by atoms with Crippen molar-refractivity contribution in [3.8, 4) is 0 Å². The first-order valence-corrected chi connectivity index (χ1v) is 6.03. The summed E-state index contributed by atoms with van der Waals surface area (Å²) in [5.41, 5.74) is 0.848. The van der Waals surface area contributed by atoms with E-state index >= 15 is 0 Å². The highest BCUT2D eigenvalue weighted by Crippen LogP contribution is 2.03. The van der Waals surface area contributed by atoms with Crippen molar-refractivity contribution in [2.24, 2.45) is 0 Å². The zero-order valence-corrected chi connectivity index (χ0v) is 10.6. The van der Waals surface area contributed by atoms with Crippen LogP contribution in [0.2, 0.25) is 0 Å². The van der Waals surface area contributed by atoms with E-state index in [1.807, 2.05) is 30.3 Å². The second-order valence-electron chi connectivity index (χ2n) is 4.24. The molecule has 0 aliphatic heterocycles. The number of nitrogens with zero attached hydrogens (tertiary/aromatic N) is 3. The Morgan fingerprint density at radius 3 is 2.65 bits per heavy atom. The Hall–Kier alpha value is -2.70. The van der Waals surface area contributed by atoms with Gasteiger partial charge >= 0.3 is 5.97 Å². The van der Waals surface area contributed by atoms with Crippen molar-refractivity contribution < 1.29 is 14.7 Å². The molecule has 1 amide bonds. The standard InChI is InChI=1S/C13H14N4O3/c18-12(7-17-9-14-8-15-17)16-11(13(19)20)6-10-4-2-1-3-5-10/h1-5,8-9,11H,6-7H2,(H,16,18)(H,19,20)/t11-/m0/s1. The monoisotopic (exact) mass is 274 g/mol. The smallest absolute Gasteiger partial charge is 0.326 e.